The highest BCUT2D eigenvalue weighted by Crippen LogP contribution is 2.37. The Labute approximate surface area is 175 Å². The third-order valence-electron chi connectivity index (χ3n) is 4.64. The topological polar surface area (TPSA) is 38.8 Å². The van der Waals surface area contributed by atoms with Crippen LogP contribution in [0.3, 0.4) is 0 Å². The molecule has 3 aromatic rings. The van der Waals surface area contributed by atoms with Gasteiger partial charge in [0.05, 0.1) is 11.6 Å². The number of hydrogen-bond acceptors (Lipinski definition) is 3. The van der Waals surface area contributed by atoms with Gasteiger partial charge in [0.25, 0.3) is 0 Å². The van der Waals surface area contributed by atoms with E-state index in [1.165, 1.54) is 11.0 Å². The summed E-state index contributed by atoms with van der Waals surface area (Å²) in [6.45, 7) is -0.0385. The summed E-state index contributed by atoms with van der Waals surface area (Å²) >= 11 is 5.85. The molecule has 154 valence electrons. The Morgan fingerprint density at radius 2 is 1.60 bits per heavy atom. The third-order valence-corrected chi connectivity index (χ3v) is 4.89. The van der Waals surface area contributed by atoms with Crippen molar-refractivity contribution in [2.75, 3.05) is 11.5 Å². The Morgan fingerprint density at radius 3 is 2.23 bits per heavy atom. The average Bonchev–Trinajstić information content (AvgIpc) is 3.11. The fourth-order valence-electron chi connectivity index (χ4n) is 3.19. The van der Waals surface area contributed by atoms with Gasteiger partial charge in [-0.2, -0.15) is 13.2 Å². The molecule has 0 aliphatic carbocycles. The monoisotopic (exact) mass is 433 g/mol. The fourth-order valence-corrected chi connectivity index (χ4v) is 3.31. The van der Waals surface area contributed by atoms with Gasteiger partial charge in [-0.1, -0.05) is 23.7 Å². The minimum absolute atomic E-state index is 0.0385. The molecule has 30 heavy (non-hydrogen) atoms. The van der Waals surface area contributed by atoms with E-state index < -0.39 is 23.9 Å². The summed E-state index contributed by atoms with van der Waals surface area (Å²) in [6.07, 6.45) is -5.09. The van der Waals surface area contributed by atoms with Gasteiger partial charge in [-0.15, -0.1) is 0 Å². The van der Waals surface area contributed by atoms with Gasteiger partial charge >= 0.3 is 12.3 Å². The SMILES string of the molecule is O=C1OC[C@H](c2cccc(C(F)(F)F)c2)N1c1ccc(Oc2ccc(Cl)cc2)cc1. The molecule has 8 heteroatoms. The van der Waals surface area contributed by atoms with Crippen LogP contribution < -0.4 is 9.64 Å². The van der Waals surface area contributed by atoms with Crippen molar-refractivity contribution in [2.45, 2.75) is 12.2 Å². The Hall–Kier alpha value is -3.19. The summed E-state index contributed by atoms with van der Waals surface area (Å²) in [5.41, 5.74) is 0.0616. The molecule has 1 aliphatic heterocycles. The number of carbonyl (C=O) groups is 1. The van der Waals surface area contributed by atoms with Crippen LogP contribution in [0, 0.1) is 0 Å². The maximum absolute atomic E-state index is 13.1. The van der Waals surface area contributed by atoms with Gasteiger partial charge in [0.2, 0.25) is 0 Å². The molecule has 1 fully saturated rings. The lowest BCUT2D eigenvalue weighted by molar-refractivity contribution is -0.137. The number of rotatable bonds is 4. The number of ether oxygens (including phenoxy) is 2. The minimum atomic E-state index is -4.47. The Kier molecular flexibility index (Phi) is 5.30. The van der Waals surface area contributed by atoms with E-state index in [1.807, 2.05) is 0 Å². The largest absolute Gasteiger partial charge is 0.457 e. The molecular formula is C22H15ClF3NO3. The summed E-state index contributed by atoms with van der Waals surface area (Å²) in [4.78, 5) is 13.6. The Morgan fingerprint density at radius 1 is 0.967 bits per heavy atom. The number of anilines is 1. The van der Waals surface area contributed by atoms with Crippen molar-refractivity contribution in [1.29, 1.82) is 0 Å². The molecule has 0 unspecified atom stereocenters. The van der Waals surface area contributed by atoms with Crippen molar-refractivity contribution in [2.24, 2.45) is 0 Å². The maximum Gasteiger partial charge on any atom is 0.416 e. The maximum atomic E-state index is 13.1. The van der Waals surface area contributed by atoms with E-state index in [0.717, 1.165) is 12.1 Å². The molecule has 0 spiro atoms. The zero-order valence-electron chi connectivity index (χ0n) is 15.4. The molecule has 4 rings (SSSR count). The third kappa shape index (κ3) is 4.21. The van der Waals surface area contributed by atoms with E-state index >= 15 is 0 Å². The molecular weight excluding hydrogens is 419 g/mol. The number of cyclic esters (lactones) is 1. The lowest BCUT2D eigenvalue weighted by Crippen LogP contribution is -2.27. The first-order chi connectivity index (χ1) is 14.3. The quantitative estimate of drug-likeness (QED) is 0.451. The van der Waals surface area contributed by atoms with Crippen molar-refractivity contribution < 1.29 is 27.4 Å². The summed E-state index contributed by atoms with van der Waals surface area (Å²) in [5.74, 6) is 1.12. The highest BCUT2D eigenvalue weighted by Gasteiger charge is 2.37. The predicted molar refractivity (Wildman–Crippen MR) is 106 cm³/mol. The van der Waals surface area contributed by atoms with Gasteiger partial charge in [-0.25, -0.2) is 4.79 Å². The van der Waals surface area contributed by atoms with Crippen LogP contribution in [0.25, 0.3) is 0 Å². The van der Waals surface area contributed by atoms with Crippen molar-refractivity contribution in [3.05, 3.63) is 88.9 Å². The number of carbonyl (C=O) groups excluding carboxylic acids is 1. The van der Waals surface area contributed by atoms with Gasteiger partial charge in [0.15, 0.2) is 0 Å². The molecule has 3 aromatic carbocycles. The molecule has 0 bridgehead atoms. The zero-order valence-corrected chi connectivity index (χ0v) is 16.2. The van der Waals surface area contributed by atoms with Crippen LogP contribution in [0.4, 0.5) is 23.7 Å². The van der Waals surface area contributed by atoms with Gasteiger partial charge in [-0.05, 0) is 66.2 Å². The summed E-state index contributed by atoms with van der Waals surface area (Å²) in [7, 11) is 0. The lowest BCUT2D eigenvalue weighted by atomic mass is 10.0. The normalized spacial score (nSPS) is 16.5. The first-order valence-corrected chi connectivity index (χ1v) is 9.36. The Bertz CT molecular complexity index is 1050. The van der Waals surface area contributed by atoms with E-state index in [9.17, 15) is 18.0 Å². The van der Waals surface area contributed by atoms with Gasteiger partial charge in [0.1, 0.15) is 18.1 Å². The Balaban J connectivity index is 1.57. The molecule has 0 saturated carbocycles. The van der Waals surface area contributed by atoms with Crippen LogP contribution in [0.15, 0.2) is 72.8 Å². The van der Waals surface area contributed by atoms with E-state index in [0.29, 0.717) is 27.8 Å². The fraction of sp³-hybridized carbons (Fsp3) is 0.136. The molecule has 4 nitrogen and oxygen atoms in total. The van der Waals surface area contributed by atoms with Crippen molar-refractivity contribution in [3.8, 4) is 11.5 Å². The van der Waals surface area contributed by atoms with Gasteiger partial charge in [-0.3, -0.25) is 4.90 Å². The van der Waals surface area contributed by atoms with Crippen LogP contribution in [-0.4, -0.2) is 12.7 Å². The molecule has 0 N–H and O–H groups in total. The van der Waals surface area contributed by atoms with E-state index in [1.54, 1.807) is 54.6 Å². The molecule has 1 atom stereocenters. The standard InChI is InChI=1S/C22H15ClF3NO3/c23-16-4-8-18(9-5-16)30-19-10-6-17(7-11-19)27-20(13-29-21(27)28)14-2-1-3-15(12-14)22(24,25)26/h1-12,20H,13H2/t20-/m1/s1. The second-order valence-electron chi connectivity index (χ2n) is 6.64. The number of alkyl halides is 3. The van der Waals surface area contributed by atoms with Crippen molar-refractivity contribution in [1.82, 2.24) is 0 Å². The summed E-state index contributed by atoms with van der Waals surface area (Å²) < 4.78 is 50.0. The van der Waals surface area contributed by atoms with Crippen LogP contribution in [0.5, 0.6) is 11.5 Å². The second-order valence-corrected chi connectivity index (χ2v) is 7.07. The molecule has 0 radical (unpaired) electrons. The average molecular weight is 434 g/mol. The predicted octanol–water partition coefficient (Wildman–Crippen LogP) is 6.85. The van der Waals surface area contributed by atoms with E-state index in [-0.39, 0.29) is 6.61 Å². The molecule has 1 amide bonds. The van der Waals surface area contributed by atoms with Crippen LogP contribution in [0.2, 0.25) is 5.02 Å². The van der Waals surface area contributed by atoms with Gasteiger partial charge < -0.3 is 9.47 Å². The minimum Gasteiger partial charge on any atom is -0.457 e. The van der Waals surface area contributed by atoms with Crippen molar-refractivity contribution >= 4 is 23.4 Å². The first-order valence-electron chi connectivity index (χ1n) is 8.98. The highest BCUT2D eigenvalue weighted by molar-refractivity contribution is 6.30. The van der Waals surface area contributed by atoms with Gasteiger partial charge in [0, 0.05) is 10.7 Å². The number of benzene rings is 3. The molecule has 1 saturated heterocycles. The van der Waals surface area contributed by atoms with Crippen LogP contribution in [0.1, 0.15) is 17.2 Å². The number of nitrogens with zero attached hydrogens (tertiary/aromatic N) is 1. The zero-order chi connectivity index (χ0) is 21.3. The number of hydrogen-bond donors (Lipinski definition) is 0. The molecule has 0 aromatic heterocycles. The van der Waals surface area contributed by atoms with E-state index in [4.69, 9.17) is 21.1 Å². The summed E-state index contributed by atoms with van der Waals surface area (Å²) in [6, 6.07) is 17.7. The van der Waals surface area contributed by atoms with Crippen molar-refractivity contribution in [3.63, 3.8) is 0 Å². The molecule has 1 heterocycles. The lowest BCUT2D eigenvalue weighted by Gasteiger charge is -2.22. The smallest absolute Gasteiger partial charge is 0.416 e. The number of amides is 1. The first kappa shape index (κ1) is 20.1. The van der Waals surface area contributed by atoms with Crippen LogP contribution in [-0.2, 0) is 10.9 Å². The van der Waals surface area contributed by atoms with E-state index in [2.05, 4.69) is 0 Å². The van der Waals surface area contributed by atoms with Crippen LogP contribution >= 0.6 is 11.6 Å². The number of halogens is 4. The highest BCUT2D eigenvalue weighted by atomic mass is 35.5. The summed E-state index contributed by atoms with van der Waals surface area (Å²) in [5, 5.41) is 0.589. The molecule has 1 aliphatic rings. The second kappa shape index (κ2) is 7.91.